The van der Waals surface area contributed by atoms with Crippen LogP contribution in [-0.4, -0.2) is 44.4 Å². The number of amides is 2. The molecule has 0 spiro atoms. The molecule has 0 aliphatic carbocycles. The number of carbonyl (C=O) groups excluding carboxylic acids is 2. The van der Waals surface area contributed by atoms with Crippen LogP contribution in [0.3, 0.4) is 0 Å². The lowest BCUT2D eigenvalue weighted by Crippen LogP contribution is -2.63. The molecule has 1 aromatic rings. The predicted molar refractivity (Wildman–Crippen MR) is 97.1 cm³/mol. The van der Waals surface area contributed by atoms with Crippen molar-refractivity contribution in [1.29, 1.82) is 0 Å². The van der Waals surface area contributed by atoms with E-state index in [0.717, 1.165) is 18.4 Å². The molecule has 0 bridgehead atoms. The van der Waals surface area contributed by atoms with E-state index in [-0.39, 0.29) is 17.9 Å². The van der Waals surface area contributed by atoms with E-state index in [0.29, 0.717) is 0 Å². The zero-order valence-corrected chi connectivity index (χ0v) is 17.0. The van der Waals surface area contributed by atoms with Gasteiger partial charge >= 0.3 is 6.36 Å². The van der Waals surface area contributed by atoms with Crippen LogP contribution < -0.4 is 20.7 Å². The molecule has 2 amide bonds. The van der Waals surface area contributed by atoms with E-state index in [4.69, 9.17) is 0 Å². The van der Waals surface area contributed by atoms with Gasteiger partial charge < -0.3 is 15.4 Å². The maximum Gasteiger partial charge on any atom is 0.573 e. The number of halogens is 4. The van der Waals surface area contributed by atoms with Crippen molar-refractivity contribution >= 4 is 21.7 Å². The highest BCUT2D eigenvalue weighted by Gasteiger charge is 2.37. The maximum absolute atomic E-state index is 14.1. The van der Waals surface area contributed by atoms with E-state index in [1.807, 2.05) is 0 Å². The molecule has 1 saturated heterocycles. The Hall–Kier alpha value is -2.41. The fourth-order valence-corrected chi connectivity index (χ4v) is 3.64. The Kier molecular flexibility index (Phi) is 6.97. The molecule has 1 heterocycles. The molecule has 8 nitrogen and oxygen atoms in total. The van der Waals surface area contributed by atoms with Gasteiger partial charge in [-0.2, -0.15) is 0 Å². The number of sulfone groups is 1. The van der Waals surface area contributed by atoms with E-state index in [9.17, 15) is 35.6 Å². The molecular formula is C17H21F4N3O5S. The Balaban J connectivity index is 2.20. The summed E-state index contributed by atoms with van der Waals surface area (Å²) < 4.78 is 77.9. The molecule has 3 atom stereocenters. The van der Waals surface area contributed by atoms with Gasteiger partial charge in [0.25, 0.3) is 0 Å². The van der Waals surface area contributed by atoms with Crippen LogP contribution in [0.4, 0.5) is 17.6 Å². The van der Waals surface area contributed by atoms with Crippen LogP contribution in [0.15, 0.2) is 18.2 Å². The predicted octanol–water partition coefficient (Wildman–Crippen LogP) is 1.34. The number of hydrogen-bond acceptors (Lipinski definition) is 6. The molecular weight excluding hydrogens is 434 g/mol. The van der Waals surface area contributed by atoms with Crippen LogP contribution in [0.2, 0.25) is 0 Å². The maximum atomic E-state index is 14.1. The lowest BCUT2D eigenvalue weighted by Gasteiger charge is -2.31. The minimum atomic E-state index is -5.06. The van der Waals surface area contributed by atoms with Gasteiger partial charge in [0.2, 0.25) is 11.8 Å². The summed E-state index contributed by atoms with van der Waals surface area (Å²) in [4.78, 5) is 24.4. The molecule has 0 saturated carbocycles. The topological polar surface area (TPSA) is 114 Å². The minimum Gasteiger partial charge on any atom is -0.403 e. The SMILES string of the molecule is CC(C)[C@@H](NC(=O)C1CC(=O)NC(S(C)(=O)=O)N1)c1ccc(OC(F)(F)F)c(F)c1. The molecule has 2 unspecified atom stereocenters. The van der Waals surface area contributed by atoms with Crippen molar-refractivity contribution in [3.05, 3.63) is 29.6 Å². The molecule has 13 heteroatoms. The third kappa shape index (κ3) is 6.29. The third-order valence-corrected chi connectivity index (χ3v) is 5.39. The lowest BCUT2D eigenvalue weighted by atomic mass is 9.95. The second-order valence-corrected chi connectivity index (χ2v) is 9.30. The van der Waals surface area contributed by atoms with Gasteiger partial charge in [-0.25, -0.2) is 12.8 Å². The second-order valence-electron chi connectivity index (χ2n) is 7.17. The van der Waals surface area contributed by atoms with Gasteiger partial charge in [0.15, 0.2) is 26.9 Å². The average Bonchev–Trinajstić information content (AvgIpc) is 2.58. The average molecular weight is 455 g/mol. The first-order chi connectivity index (χ1) is 13.7. The quantitative estimate of drug-likeness (QED) is 0.558. The Morgan fingerprint density at radius 1 is 1.30 bits per heavy atom. The number of carbonyl (C=O) groups is 2. The molecule has 2 rings (SSSR count). The summed E-state index contributed by atoms with van der Waals surface area (Å²) in [7, 11) is -3.73. The van der Waals surface area contributed by atoms with Gasteiger partial charge in [-0.15, -0.1) is 13.2 Å². The fourth-order valence-electron chi connectivity index (χ4n) is 2.88. The zero-order chi connectivity index (χ0) is 22.9. The van der Waals surface area contributed by atoms with E-state index in [1.54, 1.807) is 13.8 Å². The number of ether oxygens (including phenoxy) is 1. The molecule has 1 aliphatic heterocycles. The number of nitrogens with one attached hydrogen (secondary N) is 3. The molecule has 30 heavy (non-hydrogen) atoms. The number of alkyl halides is 3. The third-order valence-electron chi connectivity index (χ3n) is 4.28. The number of benzene rings is 1. The number of rotatable bonds is 6. The van der Waals surface area contributed by atoms with Crippen LogP contribution in [0.5, 0.6) is 5.75 Å². The summed E-state index contributed by atoms with van der Waals surface area (Å²) in [6.07, 6.45) is -4.50. The zero-order valence-electron chi connectivity index (χ0n) is 16.2. The fraction of sp³-hybridized carbons (Fsp3) is 0.529. The molecule has 1 aromatic carbocycles. The number of hydrogen-bond donors (Lipinski definition) is 3. The van der Waals surface area contributed by atoms with Gasteiger partial charge in [-0.3, -0.25) is 14.9 Å². The highest BCUT2D eigenvalue weighted by atomic mass is 32.2. The molecule has 0 radical (unpaired) electrons. The Morgan fingerprint density at radius 3 is 2.43 bits per heavy atom. The molecule has 0 aromatic heterocycles. The first-order valence-electron chi connectivity index (χ1n) is 8.77. The van der Waals surface area contributed by atoms with Gasteiger partial charge in [0.1, 0.15) is 0 Å². The van der Waals surface area contributed by atoms with Crippen LogP contribution >= 0.6 is 0 Å². The van der Waals surface area contributed by atoms with Crippen LogP contribution in [0.1, 0.15) is 31.9 Å². The van der Waals surface area contributed by atoms with Crippen molar-refractivity contribution in [3.8, 4) is 5.75 Å². The second kappa shape index (κ2) is 8.76. The van der Waals surface area contributed by atoms with Crippen molar-refractivity contribution in [2.75, 3.05) is 6.26 Å². The van der Waals surface area contributed by atoms with Crippen LogP contribution in [0, 0.1) is 11.7 Å². The molecule has 3 N–H and O–H groups in total. The molecule has 168 valence electrons. The van der Waals surface area contributed by atoms with Crippen molar-refractivity contribution in [2.45, 2.75) is 44.2 Å². The summed E-state index contributed by atoms with van der Waals surface area (Å²) in [5.41, 5.74) is -1.27. The summed E-state index contributed by atoms with van der Waals surface area (Å²) in [5, 5.41) is 7.31. The highest BCUT2D eigenvalue weighted by Crippen LogP contribution is 2.30. The molecule has 1 fully saturated rings. The van der Waals surface area contributed by atoms with Crippen LogP contribution in [-0.2, 0) is 19.4 Å². The highest BCUT2D eigenvalue weighted by molar-refractivity contribution is 7.91. The summed E-state index contributed by atoms with van der Waals surface area (Å²) in [6, 6.07) is 0.792. The van der Waals surface area contributed by atoms with Gasteiger partial charge in [-0.1, -0.05) is 19.9 Å². The van der Waals surface area contributed by atoms with Gasteiger partial charge in [0, 0.05) is 6.26 Å². The Bertz CT molecular complexity index is 920. The van der Waals surface area contributed by atoms with Gasteiger partial charge in [-0.05, 0) is 23.6 Å². The lowest BCUT2D eigenvalue weighted by molar-refractivity contribution is -0.275. The summed E-state index contributed by atoms with van der Waals surface area (Å²) in [6.45, 7) is 3.37. The van der Waals surface area contributed by atoms with Crippen molar-refractivity contribution in [2.24, 2.45) is 5.92 Å². The van der Waals surface area contributed by atoms with E-state index in [2.05, 4.69) is 20.7 Å². The summed E-state index contributed by atoms with van der Waals surface area (Å²) >= 11 is 0. The van der Waals surface area contributed by atoms with Crippen molar-refractivity contribution < 1.29 is 40.3 Å². The Morgan fingerprint density at radius 2 is 1.93 bits per heavy atom. The van der Waals surface area contributed by atoms with Crippen LogP contribution in [0.25, 0.3) is 0 Å². The van der Waals surface area contributed by atoms with E-state index >= 15 is 0 Å². The van der Waals surface area contributed by atoms with Crippen molar-refractivity contribution in [1.82, 2.24) is 16.0 Å². The van der Waals surface area contributed by atoms with E-state index < -0.39 is 57.2 Å². The molecule has 1 aliphatic rings. The largest absolute Gasteiger partial charge is 0.573 e. The van der Waals surface area contributed by atoms with E-state index in [1.165, 1.54) is 6.07 Å². The monoisotopic (exact) mass is 455 g/mol. The minimum absolute atomic E-state index is 0.172. The summed E-state index contributed by atoms with van der Waals surface area (Å²) in [5.74, 6) is -3.96. The smallest absolute Gasteiger partial charge is 0.403 e. The first kappa shape index (κ1) is 23.9. The Labute approximate surface area is 170 Å². The van der Waals surface area contributed by atoms with Gasteiger partial charge in [0.05, 0.1) is 18.5 Å². The standard InChI is InChI=1S/C17H21F4N3O5S/c1-8(2)14(9-4-5-12(10(18)6-9)29-17(19,20)21)24-15(26)11-7-13(25)23-16(22-11)30(3,27)28/h4-6,8,11,14,16,22H,7H2,1-3H3,(H,23,25)(H,24,26)/t11?,14-,16?/m1/s1. The van der Waals surface area contributed by atoms with Crippen molar-refractivity contribution in [3.63, 3.8) is 0 Å². The normalized spacial score (nSPS) is 21.1. The first-order valence-corrected chi connectivity index (χ1v) is 10.7.